The molecule has 1 unspecified atom stereocenters. The Balaban J connectivity index is 3.89. The minimum atomic E-state index is -0.0154. The van der Waals surface area contributed by atoms with E-state index in [-0.39, 0.29) is 5.66 Å². The Hall–Kier alpha value is -0.160. The SMILES string of the molecule is CCCOCCC(CC(C)(NC)NC)NC. The van der Waals surface area contributed by atoms with Crippen LogP contribution in [0, 0.1) is 0 Å². The van der Waals surface area contributed by atoms with Crippen molar-refractivity contribution in [3.63, 3.8) is 0 Å². The Kier molecular flexibility index (Phi) is 8.84. The van der Waals surface area contributed by atoms with E-state index in [2.05, 4.69) is 29.8 Å². The first-order valence-electron chi connectivity index (χ1n) is 6.24. The number of rotatable bonds is 10. The monoisotopic (exact) mass is 231 g/mol. The fourth-order valence-corrected chi connectivity index (χ4v) is 1.64. The van der Waals surface area contributed by atoms with Crippen molar-refractivity contribution < 1.29 is 4.74 Å². The smallest absolute Gasteiger partial charge is 0.0668 e. The van der Waals surface area contributed by atoms with E-state index in [9.17, 15) is 0 Å². The van der Waals surface area contributed by atoms with Crippen LogP contribution in [0.15, 0.2) is 0 Å². The molecule has 0 aliphatic rings. The normalized spacial score (nSPS) is 14.1. The van der Waals surface area contributed by atoms with Gasteiger partial charge in [-0.05, 0) is 47.3 Å². The van der Waals surface area contributed by atoms with Crippen LogP contribution in [0.25, 0.3) is 0 Å². The third-order valence-electron chi connectivity index (χ3n) is 3.13. The third-order valence-corrected chi connectivity index (χ3v) is 3.13. The van der Waals surface area contributed by atoms with Crippen molar-refractivity contribution in [2.75, 3.05) is 34.4 Å². The van der Waals surface area contributed by atoms with Crippen LogP contribution in [-0.4, -0.2) is 46.1 Å². The summed E-state index contributed by atoms with van der Waals surface area (Å²) in [4.78, 5) is 0. The lowest BCUT2D eigenvalue weighted by molar-refractivity contribution is 0.119. The van der Waals surface area contributed by atoms with Crippen LogP contribution in [0.5, 0.6) is 0 Å². The van der Waals surface area contributed by atoms with Gasteiger partial charge in [-0.1, -0.05) is 6.92 Å². The van der Waals surface area contributed by atoms with E-state index < -0.39 is 0 Å². The van der Waals surface area contributed by atoms with Crippen LogP contribution >= 0.6 is 0 Å². The van der Waals surface area contributed by atoms with Gasteiger partial charge in [-0.2, -0.15) is 0 Å². The summed E-state index contributed by atoms with van der Waals surface area (Å²) in [6.07, 6.45) is 3.18. The molecule has 0 heterocycles. The van der Waals surface area contributed by atoms with E-state index in [0.29, 0.717) is 6.04 Å². The lowest BCUT2D eigenvalue weighted by atomic mass is 10.00. The molecule has 0 aromatic carbocycles. The van der Waals surface area contributed by atoms with Crippen LogP contribution < -0.4 is 16.0 Å². The van der Waals surface area contributed by atoms with Crippen LogP contribution in [0.4, 0.5) is 0 Å². The van der Waals surface area contributed by atoms with Crippen LogP contribution in [0.1, 0.15) is 33.1 Å². The first kappa shape index (κ1) is 15.8. The molecule has 4 heteroatoms. The average molecular weight is 231 g/mol. The van der Waals surface area contributed by atoms with Gasteiger partial charge in [0.25, 0.3) is 0 Å². The largest absolute Gasteiger partial charge is 0.381 e. The van der Waals surface area contributed by atoms with Gasteiger partial charge in [-0.15, -0.1) is 0 Å². The molecule has 0 saturated heterocycles. The predicted molar refractivity (Wildman–Crippen MR) is 69.7 cm³/mol. The molecule has 0 fully saturated rings. The van der Waals surface area contributed by atoms with E-state index in [1.54, 1.807) is 0 Å². The molecule has 0 rings (SSSR count). The highest BCUT2D eigenvalue weighted by Crippen LogP contribution is 2.10. The van der Waals surface area contributed by atoms with E-state index >= 15 is 0 Å². The van der Waals surface area contributed by atoms with Gasteiger partial charge >= 0.3 is 0 Å². The molecule has 1 atom stereocenters. The highest BCUT2D eigenvalue weighted by atomic mass is 16.5. The van der Waals surface area contributed by atoms with Crippen molar-refractivity contribution in [3.05, 3.63) is 0 Å². The molecule has 0 saturated carbocycles. The number of hydrogen-bond donors (Lipinski definition) is 3. The highest BCUT2D eigenvalue weighted by Gasteiger charge is 2.23. The molecule has 0 aromatic rings. The minimum Gasteiger partial charge on any atom is -0.381 e. The molecular formula is C12H29N3O. The maximum absolute atomic E-state index is 5.52. The first-order chi connectivity index (χ1) is 7.61. The summed E-state index contributed by atoms with van der Waals surface area (Å²) in [6, 6.07) is 0.474. The summed E-state index contributed by atoms with van der Waals surface area (Å²) in [5, 5.41) is 9.95. The van der Waals surface area contributed by atoms with E-state index in [1.807, 2.05) is 21.1 Å². The van der Waals surface area contributed by atoms with Crippen molar-refractivity contribution in [1.29, 1.82) is 0 Å². The Morgan fingerprint density at radius 3 is 2.19 bits per heavy atom. The summed E-state index contributed by atoms with van der Waals surface area (Å²) in [5.41, 5.74) is -0.0154. The van der Waals surface area contributed by atoms with Crippen LogP contribution in [0.2, 0.25) is 0 Å². The van der Waals surface area contributed by atoms with Crippen molar-refractivity contribution in [1.82, 2.24) is 16.0 Å². The van der Waals surface area contributed by atoms with E-state index in [0.717, 1.165) is 32.5 Å². The molecule has 0 aliphatic heterocycles. The fraction of sp³-hybridized carbons (Fsp3) is 1.00. The molecule has 0 spiro atoms. The third kappa shape index (κ3) is 6.43. The molecule has 0 bridgehead atoms. The van der Waals surface area contributed by atoms with Gasteiger partial charge in [0.1, 0.15) is 0 Å². The first-order valence-corrected chi connectivity index (χ1v) is 6.24. The zero-order valence-electron chi connectivity index (χ0n) is 11.5. The standard InChI is InChI=1S/C12H29N3O/c1-6-8-16-9-7-11(13-3)10-12(2,14-4)15-5/h11,13-15H,6-10H2,1-5H3. The van der Waals surface area contributed by atoms with Crippen molar-refractivity contribution >= 4 is 0 Å². The topological polar surface area (TPSA) is 45.3 Å². The van der Waals surface area contributed by atoms with Crippen molar-refractivity contribution in [2.24, 2.45) is 0 Å². The van der Waals surface area contributed by atoms with Gasteiger partial charge in [0.15, 0.2) is 0 Å². The van der Waals surface area contributed by atoms with Gasteiger partial charge < -0.3 is 20.7 Å². The van der Waals surface area contributed by atoms with E-state index in [1.165, 1.54) is 0 Å². The Bertz CT molecular complexity index is 160. The maximum atomic E-state index is 5.52. The van der Waals surface area contributed by atoms with Crippen molar-refractivity contribution in [3.8, 4) is 0 Å². The zero-order valence-corrected chi connectivity index (χ0v) is 11.5. The molecule has 16 heavy (non-hydrogen) atoms. The minimum absolute atomic E-state index is 0.0154. The lowest BCUT2D eigenvalue weighted by Crippen LogP contribution is -2.54. The van der Waals surface area contributed by atoms with Crippen LogP contribution in [0.3, 0.4) is 0 Å². The Morgan fingerprint density at radius 1 is 1.12 bits per heavy atom. The maximum Gasteiger partial charge on any atom is 0.0668 e. The molecule has 0 radical (unpaired) electrons. The molecule has 0 amide bonds. The summed E-state index contributed by atoms with van der Waals surface area (Å²) < 4.78 is 5.52. The molecule has 0 aromatic heterocycles. The average Bonchev–Trinajstić information content (AvgIpc) is 2.32. The summed E-state index contributed by atoms with van der Waals surface area (Å²) in [7, 11) is 5.98. The molecule has 3 N–H and O–H groups in total. The van der Waals surface area contributed by atoms with Gasteiger partial charge in [-0.3, -0.25) is 0 Å². The van der Waals surface area contributed by atoms with Gasteiger partial charge in [-0.25, -0.2) is 0 Å². The summed E-state index contributed by atoms with van der Waals surface area (Å²) in [6.45, 7) is 6.01. The second kappa shape index (κ2) is 8.93. The Morgan fingerprint density at radius 2 is 1.75 bits per heavy atom. The van der Waals surface area contributed by atoms with Crippen LogP contribution in [-0.2, 0) is 4.74 Å². The summed E-state index contributed by atoms with van der Waals surface area (Å²) in [5.74, 6) is 0. The number of hydrogen-bond acceptors (Lipinski definition) is 4. The predicted octanol–water partition coefficient (Wildman–Crippen LogP) is 0.936. The quantitative estimate of drug-likeness (QED) is 0.387. The van der Waals surface area contributed by atoms with Gasteiger partial charge in [0.2, 0.25) is 0 Å². The number of nitrogens with one attached hydrogen (secondary N) is 3. The zero-order chi connectivity index (χ0) is 12.4. The van der Waals surface area contributed by atoms with Gasteiger partial charge in [0.05, 0.1) is 5.66 Å². The Labute approximate surface area is 101 Å². The summed E-state index contributed by atoms with van der Waals surface area (Å²) >= 11 is 0. The fourth-order valence-electron chi connectivity index (χ4n) is 1.64. The second-order valence-electron chi connectivity index (χ2n) is 4.42. The molecule has 4 nitrogen and oxygen atoms in total. The molecule has 98 valence electrons. The molecular weight excluding hydrogens is 202 g/mol. The lowest BCUT2D eigenvalue weighted by Gasteiger charge is -2.33. The van der Waals surface area contributed by atoms with Crippen molar-refractivity contribution in [2.45, 2.75) is 44.8 Å². The second-order valence-corrected chi connectivity index (χ2v) is 4.42. The van der Waals surface area contributed by atoms with Gasteiger partial charge in [0, 0.05) is 19.3 Å². The molecule has 0 aliphatic carbocycles. The number of ether oxygens (including phenoxy) is 1. The van der Waals surface area contributed by atoms with E-state index in [4.69, 9.17) is 4.74 Å². The highest BCUT2D eigenvalue weighted by molar-refractivity contribution is 4.83.